The minimum absolute atomic E-state index is 0.0238. The fourth-order valence-corrected chi connectivity index (χ4v) is 4.95. The highest BCUT2D eigenvalue weighted by molar-refractivity contribution is 6.76. The molecule has 0 aromatic carbocycles. The Morgan fingerprint density at radius 3 is 2.86 bits per heavy atom. The molecule has 4 heterocycles. The monoisotopic (exact) mass is 498 g/mol. The molecule has 0 unspecified atom stereocenters. The van der Waals surface area contributed by atoms with E-state index in [-0.39, 0.29) is 12.1 Å². The van der Waals surface area contributed by atoms with E-state index in [0.717, 1.165) is 47.8 Å². The van der Waals surface area contributed by atoms with E-state index in [4.69, 9.17) is 14.5 Å². The molecule has 35 heavy (non-hydrogen) atoms. The van der Waals surface area contributed by atoms with Gasteiger partial charge in [-0.3, -0.25) is 0 Å². The van der Waals surface area contributed by atoms with Crippen LogP contribution >= 0.6 is 0 Å². The summed E-state index contributed by atoms with van der Waals surface area (Å²) in [6.07, 6.45) is 6.22. The number of piperidine rings is 1. The van der Waals surface area contributed by atoms with Gasteiger partial charge in [-0.2, -0.15) is 4.98 Å². The van der Waals surface area contributed by atoms with Crippen LogP contribution < -0.4 is 10.1 Å². The Hall–Kier alpha value is -3.18. The van der Waals surface area contributed by atoms with Crippen LogP contribution in [-0.2, 0) is 11.5 Å². The zero-order chi connectivity index (χ0) is 25.0. The largest absolute Gasteiger partial charge is 0.467 e. The number of carboxylic acid groups (broad SMARTS) is 1. The number of pyridine rings is 1. The molecule has 0 saturated carbocycles. The quantitative estimate of drug-likeness (QED) is 0.330. The van der Waals surface area contributed by atoms with Crippen molar-refractivity contribution in [2.75, 3.05) is 32.1 Å². The van der Waals surface area contributed by atoms with Crippen molar-refractivity contribution in [2.45, 2.75) is 51.3 Å². The topological polar surface area (TPSA) is 115 Å². The van der Waals surface area contributed by atoms with Gasteiger partial charge in [-0.15, -0.1) is 0 Å². The number of aromatic nitrogens is 4. The van der Waals surface area contributed by atoms with E-state index in [1.807, 2.05) is 22.9 Å². The first-order valence-corrected chi connectivity index (χ1v) is 15.6. The Balaban J connectivity index is 1.66. The summed E-state index contributed by atoms with van der Waals surface area (Å²) in [5, 5.41) is 14.0. The molecule has 1 aliphatic rings. The summed E-state index contributed by atoms with van der Waals surface area (Å²) in [6.45, 7) is 9.14. The van der Waals surface area contributed by atoms with Crippen LogP contribution in [0.4, 0.5) is 10.5 Å². The number of likely N-dealkylation sites (tertiary alicyclic amines) is 1. The van der Waals surface area contributed by atoms with Gasteiger partial charge in [0.25, 0.3) is 0 Å². The summed E-state index contributed by atoms with van der Waals surface area (Å²) < 4.78 is 13.2. The lowest BCUT2D eigenvalue weighted by atomic mass is 10.0. The maximum Gasteiger partial charge on any atom is 0.407 e. The Kier molecular flexibility index (Phi) is 7.56. The Morgan fingerprint density at radius 1 is 1.29 bits per heavy atom. The highest BCUT2D eigenvalue weighted by atomic mass is 28.3. The third-order valence-electron chi connectivity index (χ3n) is 6.15. The predicted molar refractivity (Wildman–Crippen MR) is 138 cm³/mol. The molecule has 0 spiro atoms. The number of hydrogen-bond donors (Lipinski definition) is 2. The van der Waals surface area contributed by atoms with Crippen molar-refractivity contribution in [2.24, 2.45) is 0 Å². The van der Waals surface area contributed by atoms with Crippen molar-refractivity contribution in [1.82, 2.24) is 24.4 Å². The standard InChI is InChI=1S/C24H34N6O4Si/c1-33-23-25-9-7-20(28-23)19-14-26-22-18(8-11-30(22)16-34-12-13-35(2,3)4)21(19)27-17-6-5-10-29(15-17)24(31)32/h7-9,11,14,17H,5-6,10,12-13,15-16H2,1-4H3,(H,26,27)(H,31,32)/t17-/m1/s1. The molecule has 1 saturated heterocycles. The number of nitrogens with zero attached hydrogens (tertiary/aromatic N) is 5. The molecule has 0 bridgehead atoms. The molecule has 188 valence electrons. The number of nitrogens with one attached hydrogen (secondary N) is 1. The van der Waals surface area contributed by atoms with Crippen molar-refractivity contribution in [3.05, 3.63) is 30.7 Å². The summed E-state index contributed by atoms with van der Waals surface area (Å²) in [5.74, 6) is 0. The van der Waals surface area contributed by atoms with Gasteiger partial charge in [-0.1, -0.05) is 19.6 Å². The molecule has 3 aromatic heterocycles. The van der Waals surface area contributed by atoms with E-state index in [1.54, 1.807) is 12.4 Å². The van der Waals surface area contributed by atoms with E-state index in [9.17, 15) is 9.90 Å². The van der Waals surface area contributed by atoms with Crippen molar-refractivity contribution in [3.63, 3.8) is 0 Å². The lowest BCUT2D eigenvalue weighted by molar-refractivity contribution is 0.0899. The van der Waals surface area contributed by atoms with Crippen LogP contribution in [0.15, 0.2) is 30.7 Å². The average molecular weight is 499 g/mol. The normalized spacial score (nSPS) is 16.5. The molecular formula is C24H34N6O4Si. The van der Waals surface area contributed by atoms with Crippen LogP contribution in [0.2, 0.25) is 25.7 Å². The second-order valence-corrected chi connectivity index (χ2v) is 15.7. The van der Waals surface area contributed by atoms with E-state index in [2.05, 4.69) is 34.9 Å². The van der Waals surface area contributed by atoms with Gasteiger partial charge >= 0.3 is 12.1 Å². The number of methoxy groups -OCH3 is 1. The molecule has 0 aliphatic carbocycles. The number of rotatable bonds is 9. The van der Waals surface area contributed by atoms with Crippen LogP contribution in [0.25, 0.3) is 22.3 Å². The summed E-state index contributed by atoms with van der Waals surface area (Å²) in [5.41, 5.74) is 3.16. The number of carbonyl (C=O) groups is 1. The fraction of sp³-hybridized carbons (Fsp3) is 0.500. The Bertz CT molecular complexity index is 1180. The van der Waals surface area contributed by atoms with Gasteiger partial charge in [0.15, 0.2) is 0 Å². The second-order valence-electron chi connectivity index (χ2n) is 10.1. The van der Waals surface area contributed by atoms with Crippen LogP contribution in [0.1, 0.15) is 12.8 Å². The van der Waals surface area contributed by atoms with Crippen molar-refractivity contribution in [3.8, 4) is 17.3 Å². The summed E-state index contributed by atoms with van der Waals surface area (Å²) in [6, 6.07) is 5.19. The van der Waals surface area contributed by atoms with Crippen LogP contribution in [0, 0.1) is 0 Å². The molecule has 0 radical (unpaired) electrons. The summed E-state index contributed by atoms with van der Waals surface area (Å²) in [4.78, 5) is 26.4. The van der Waals surface area contributed by atoms with Crippen molar-refractivity contribution >= 4 is 30.9 Å². The molecule has 1 aliphatic heterocycles. The minimum Gasteiger partial charge on any atom is -0.467 e. The first-order valence-electron chi connectivity index (χ1n) is 11.9. The predicted octanol–water partition coefficient (Wildman–Crippen LogP) is 4.37. The van der Waals surface area contributed by atoms with Crippen LogP contribution in [0.3, 0.4) is 0 Å². The lowest BCUT2D eigenvalue weighted by Gasteiger charge is -2.32. The van der Waals surface area contributed by atoms with Crippen molar-refractivity contribution in [1.29, 1.82) is 0 Å². The maximum atomic E-state index is 11.6. The summed E-state index contributed by atoms with van der Waals surface area (Å²) >= 11 is 0. The number of amides is 1. The van der Waals surface area contributed by atoms with Crippen LogP contribution in [-0.4, -0.2) is 76.5 Å². The number of fused-ring (bicyclic) bond motifs is 1. The lowest BCUT2D eigenvalue weighted by Crippen LogP contribution is -2.44. The third kappa shape index (κ3) is 6.09. The van der Waals surface area contributed by atoms with Crippen LogP contribution in [0.5, 0.6) is 6.01 Å². The maximum absolute atomic E-state index is 11.6. The van der Waals surface area contributed by atoms with Crippen molar-refractivity contribution < 1.29 is 19.4 Å². The zero-order valence-corrected chi connectivity index (χ0v) is 21.8. The highest BCUT2D eigenvalue weighted by Crippen LogP contribution is 2.35. The SMILES string of the molecule is COc1nccc(-c2cnc3c(ccn3COCC[Si](C)(C)C)c2N[C@@H]2CCCN(C(=O)O)C2)n1. The number of ether oxygens (including phenoxy) is 2. The molecule has 1 atom stereocenters. The van der Waals surface area contributed by atoms with E-state index in [1.165, 1.54) is 12.0 Å². The van der Waals surface area contributed by atoms with Gasteiger partial charge in [0.2, 0.25) is 0 Å². The van der Waals surface area contributed by atoms with Gasteiger partial charge < -0.3 is 29.4 Å². The van der Waals surface area contributed by atoms with Gasteiger partial charge in [0.1, 0.15) is 12.4 Å². The fourth-order valence-electron chi connectivity index (χ4n) is 4.20. The number of hydrogen-bond acceptors (Lipinski definition) is 7. The Labute approximate surface area is 206 Å². The van der Waals surface area contributed by atoms with E-state index >= 15 is 0 Å². The molecule has 1 amide bonds. The minimum atomic E-state index is -1.16. The number of anilines is 1. The van der Waals surface area contributed by atoms with Gasteiger partial charge in [-0.05, 0) is 31.0 Å². The second kappa shape index (κ2) is 10.6. The first-order chi connectivity index (χ1) is 16.7. The van der Waals surface area contributed by atoms with E-state index < -0.39 is 14.2 Å². The van der Waals surface area contributed by atoms with Gasteiger partial charge in [0.05, 0.1) is 18.5 Å². The first kappa shape index (κ1) is 24.9. The highest BCUT2D eigenvalue weighted by Gasteiger charge is 2.25. The van der Waals surface area contributed by atoms with Gasteiger partial charge in [-0.25, -0.2) is 14.8 Å². The third-order valence-corrected chi connectivity index (χ3v) is 7.85. The zero-order valence-electron chi connectivity index (χ0n) is 20.8. The molecular weight excluding hydrogens is 464 g/mol. The smallest absolute Gasteiger partial charge is 0.407 e. The molecule has 3 aromatic rings. The molecule has 1 fully saturated rings. The Morgan fingerprint density at radius 2 is 2.11 bits per heavy atom. The van der Waals surface area contributed by atoms with E-state index in [0.29, 0.717) is 25.5 Å². The molecule has 10 nitrogen and oxygen atoms in total. The molecule has 11 heteroatoms. The summed E-state index contributed by atoms with van der Waals surface area (Å²) in [7, 11) is 0.371. The molecule has 4 rings (SSSR count). The molecule has 2 N–H and O–H groups in total. The van der Waals surface area contributed by atoms with Gasteiger partial charge in [0, 0.05) is 63.4 Å². The average Bonchev–Trinajstić information content (AvgIpc) is 3.25.